The third-order valence-corrected chi connectivity index (χ3v) is 4.68. The standard InChI is InChI=1S/C23H21ClFN3O2/c1-2-28(19-9-4-3-5-10-19)23(30)16-7-6-8-17(13-16)26-15-22(29)27-18-11-12-21(25)20(24)14-18/h3-14,26H,2,15H2,1H3,(H,27,29). The first-order valence-corrected chi connectivity index (χ1v) is 9.81. The number of carbonyl (C=O) groups excluding carboxylic acids is 2. The van der Waals surface area contributed by atoms with Gasteiger partial charge in [0.25, 0.3) is 5.91 Å². The first kappa shape index (κ1) is 21.3. The number of anilines is 3. The summed E-state index contributed by atoms with van der Waals surface area (Å²) in [4.78, 5) is 26.8. The van der Waals surface area contributed by atoms with Gasteiger partial charge in [-0.2, -0.15) is 0 Å². The van der Waals surface area contributed by atoms with Crippen molar-refractivity contribution in [3.8, 4) is 0 Å². The first-order valence-electron chi connectivity index (χ1n) is 9.43. The summed E-state index contributed by atoms with van der Waals surface area (Å²) in [6.07, 6.45) is 0. The van der Waals surface area contributed by atoms with Gasteiger partial charge >= 0.3 is 0 Å². The van der Waals surface area contributed by atoms with E-state index in [0.29, 0.717) is 23.5 Å². The Balaban J connectivity index is 1.64. The number of hydrogen-bond donors (Lipinski definition) is 2. The number of nitrogens with one attached hydrogen (secondary N) is 2. The molecule has 0 spiro atoms. The van der Waals surface area contributed by atoms with Gasteiger partial charge in [0, 0.05) is 29.2 Å². The highest BCUT2D eigenvalue weighted by atomic mass is 35.5. The monoisotopic (exact) mass is 425 g/mol. The highest BCUT2D eigenvalue weighted by molar-refractivity contribution is 6.31. The average molecular weight is 426 g/mol. The van der Waals surface area contributed by atoms with E-state index in [0.717, 1.165) is 5.69 Å². The summed E-state index contributed by atoms with van der Waals surface area (Å²) in [5.74, 6) is -1.00. The van der Waals surface area contributed by atoms with Crippen molar-refractivity contribution in [2.24, 2.45) is 0 Å². The van der Waals surface area contributed by atoms with Crippen LogP contribution in [0.1, 0.15) is 17.3 Å². The van der Waals surface area contributed by atoms with Crippen molar-refractivity contribution in [3.63, 3.8) is 0 Å². The SMILES string of the molecule is CCN(C(=O)c1cccc(NCC(=O)Nc2ccc(F)c(Cl)c2)c1)c1ccccc1. The molecule has 0 bridgehead atoms. The van der Waals surface area contributed by atoms with Crippen molar-refractivity contribution in [3.05, 3.63) is 89.2 Å². The molecule has 0 fully saturated rings. The highest BCUT2D eigenvalue weighted by Crippen LogP contribution is 2.20. The Bertz CT molecular complexity index is 1040. The molecule has 0 aromatic heterocycles. The number of halogens is 2. The molecule has 7 heteroatoms. The molecule has 0 heterocycles. The van der Waals surface area contributed by atoms with Crippen molar-refractivity contribution in [1.29, 1.82) is 0 Å². The number of para-hydroxylation sites is 1. The van der Waals surface area contributed by atoms with Crippen molar-refractivity contribution < 1.29 is 14.0 Å². The lowest BCUT2D eigenvalue weighted by atomic mass is 10.1. The largest absolute Gasteiger partial charge is 0.376 e. The molecule has 0 aliphatic carbocycles. The zero-order valence-corrected chi connectivity index (χ0v) is 17.1. The molecule has 3 aromatic rings. The van der Waals surface area contributed by atoms with Crippen LogP contribution in [0.3, 0.4) is 0 Å². The summed E-state index contributed by atoms with van der Waals surface area (Å²) in [5, 5.41) is 5.57. The number of hydrogen-bond acceptors (Lipinski definition) is 3. The lowest BCUT2D eigenvalue weighted by Crippen LogP contribution is -2.30. The molecule has 3 rings (SSSR count). The van der Waals surface area contributed by atoms with Gasteiger partial charge in [-0.25, -0.2) is 4.39 Å². The van der Waals surface area contributed by atoms with Crippen LogP contribution in [0.5, 0.6) is 0 Å². The van der Waals surface area contributed by atoms with Gasteiger partial charge in [0.1, 0.15) is 5.82 Å². The maximum atomic E-state index is 13.2. The van der Waals surface area contributed by atoms with Crippen LogP contribution in [-0.4, -0.2) is 24.9 Å². The normalized spacial score (nSPS) is 10.4. The molecule has 2 N–H and O–H groups in total. The van der Waals surface area contributed by atoms with E-state index in [1.165, 1.54) is 18.2 Å². The Kier molecular flexibility index (Phi) is 7.03. The highest BCUT2D eigenvalue weighted by Gasteiger charge is 2.16. The van der Waals surface area contributed by atoms with Crippen LogP contribution in [0.4, 0.5) is 21.5 Å². The van der Waals surface area contributed by atoms with Gasteiger partial charge in [-0.3, -0.25) is 9.59 Å². The molecule has 0 saturated heterocycles. The van der Waals surface area contributed by atoms with Gasteiger partial charge in [-0.05, 0) is 55.5 Å². The second-order valence-corrected chi connectivity index (χ2v) is 6.90. The molecule has 0 aliphatic rings. The summed E-state index contributed by atoms with van der Waals surface area (Å²) in [7, 11) is 0. The van der Waals surface area contributed by atoms with Crippen molar-refractivity contribution >= 4 is 40.5 Å². The third kappa shape index (κ3) is 5.36. The van der Waals surface area contributed by atoms with Crippen molar-refractivity contribution in [2.75, 3.05) is 28.6 Å². The zero-order valence-electron chi connectivity index (χ0n) is 16.4. The topological polar surface area (TPSA) is 61.4 Å². The van der Waals surface area contributed by atoms with Crippen LogP contribution in [0.15, 0.2) is 72.8 Å². The summed E-state index contributed by atoms with van der Waals surface area (Å²) < 4.78 is 13.2. The molecule has 0 aliphatic heterocycles. The van der Waals surface area contributed by atoms with E-state index >= 15 is 0 Å². The quantitative estimate of drug-likeness (QED) is 0.547. The first-order chi connectivity index (χ1) is 14.5. The van der Waals surface area contributed by atoms with Crippen LogP contribution >= 0.6 is 11.6 Å². The Labute approximate surface area is 179 Å². The maximum absolute atomic E-state index is 13.2. The molecule has 154 valence electrons. The van der Waals surface area contributed by atoms with Gasteiger partial charge in [-0.1, -0.05) is 35.9 Å². The molecule has 2 amide bonds. The van der Waals surface area contributed by atoms with E-state index in [1.54, 1.807) is 29.2 Å². The number of rotatable bonds is 7. The average Bonchev–Trinajstić information content (AvgIpc) is 2.76. The molecule has 0 saturated carbocycles. The molecular weight excluding hydrogens is 405 g/mol. The fourth-order valence-corrected chi connectivity index (χ4v) is 3.11. The van der Waals surface area contributed by atoms with Gasteiger partial charge in [-0.15, -0.1) is 0 Å². The van der Waals surface area contributed by atoms with E-state index < -0.39 is 5.82 Å². The van der Waals surface area contributed by atoms with Gasteiger partial charge < -0.3 is 15.5 Å². The third-order valence-electron chi connectivity index (χ3n) is 4.40. The summed E-state index contributed by atoms with van der Waals surface area (Å²) in [5.41, 5.74) is 2.37. The van der Waals surface area contributed by atoms with Crippen LogP contribution in [-0.2, 0) is 4.79 Å². The van der Waals surface area contributed by atoms with E-state index in [1.807, 2.05) is 37.3 Å². The molecule has 0 radical (unpaired) electrons. The summed E-state index contributed by atoms with van der Waals surface area (Å²) in [6.45, 7) is 2.42. The summed E-state index contributed by atoms with van der Waals surface area (Å²) >= 11 is 5.72. The number of benzene rings is 3. The molecule has 5 nitrogen and oxygen atoms in total. The zero-order chi connectivity index (χ0) is 21.5. The van der Waals surface area contributed by atoms with E-state index in [9.17, 15) is 14.0 Å². The van der Waals surface area contributed by atoms with E-state index in [2.05, 4.69) is 10.6 Å². The van der Waals surface area contributed by atoms with Crippen LogP contribution in [0.25, 0.3) is 0 Å². The number of amides is 2. The lowest BCUT2D eigenvalue weighted by molar-refractivity contribution is -0.114. The van der Waals surface area contributed by atoms with Crippen molar-refractivity contribution in [1.82, 2.24) is 0 Å². The number of carbonyl (C=O) groups is 2. The minimum absolute atomic E-state index is 0.0250. The fraction of sp³-hybridized carbons (Fsp3) is 0.130. The second-order valence-electron chi connectivity index (χ2n) is 6.50. The Hall–Kier alpha value is -3.38. The predicted molar refractivity (Wildman–Crippen MR) is 119 cm³/mol. The van der Waals surface area contributed by atoms with Crippen LogP contribution < -0.4 is 15.5 Å². The molecule has 0 unspecified atom stereocenters. The van der Waals surface area contributed by atoms with Crippen LogP contribution in [0.2, 0.25) is 5.02 Å². The molecule has 30 heavy (non-hydrogen) atoms. The van der Waals surface area contributed by atoms with Gasteiger partial charge in [0.05, 0.1) is 11.6 Å². The Morgan fingerprint density at radius 3 is 2.43 bits per heavy atom. The Morgan fingerprint density at radius 2 is 1.73 bits per heavy atom. The predicted octanol–water partition coefficient (Wildman–Crippen LogP) is 5.20. The van der Waals surface area contributed by atoms with E-state index in [4.69, 9.17) is 11.6 Å². The fourth-order valence-electron chi connectivity index (χ4n) is 2.93. The lowest BCUT2D eigenvalue weighted by Gasteiger charge is -2.21. The van der Waals surface area contributed by atoms with Gasteiger partial charge in [0.2, 0.25) is 5.91 Å². The molecule has 3 aromatic carbocycles. The minimum Gasteiger partial charge on any atom is -0.376 e. The van der Waals surface area contributed by atoms with Crippen LogP contribution in [0, 0.1) is 5.82 Å². The second kappa shape index (κ2) is 9.89. The van der Waals surface area contributed by atoms with Gasteiger partial charge in [0.15, 0.2) is 0 Å². The Morgan fingerprint density at radius 1 is 0.967 bits per heavy atom. The van der Waals surface area contributed by atoms with Crippen molar-refractivity contribution in [2.45, 2.75) is 6.92 Å². The van der Waals surface area contributed by atoms with E-state index in [-0.39, 0.29) is 23.4 Å². The molecule has 0 atom stereocenters. The molecular formula is C23H21ClFN3O2. The number of nitrogens with zero attached hydrogens (tertiary/aromatic N) is 1. The minimum atomic E-state index is -0.550. The summed E-state index contributed by atoms with van der Waals surface area (Å²) in [6, 6.07) is 20.4. The smallest absolute Gasteiger partial charge is 0.258 e. The maximum Gasteiger partial charge on any atom is 0.258 e.